The lowest BCUT2D eigenvalue weighted by Crippen LogP contribution is -2.35. The van der Waals surface area contributed by atoms with Crippen molar-refractivity contribution in [3.8, 4) is 5.82 Å². The number of nitrogens with zero attached hydrogens (tertiary/aromatic N) is 3. The third kappa shape index (κ3) is 4.50. The SMILES string of the molecule is CNc1ccc2c(=O)n(-c3cnc(NC(=O)NS(=O)(=O)c4cc(Cl)c(C)s4)cn3)c(=O)[nH]c2c1. The van der Waals surface area contributed by atoms with Gasteiger partial charge in [0, 0.05) is 17.6 Å². The first kappa shape index (κ1) is 23.4. The highest BCUT2D eigenvalue weighted by atomic mass is 35.5. The smallest absolute Gasteiger partial charge is 0.334 e. The molecule has 0 spiro atoms. The first-order valence-electron chi connectivity index (χ1n) is 9.48. The number of H-pyrrole nitrogens is 1. The van der Waals surface area contributed by atoms with E-state index >= 15 is 0 Å². The largest absolute Gasteiger partial charge is 0.388 e. The molecule has 0 saturated heterocycles. The number of urea groups is 1. The normalized spacial score (nSPS) is 11.4. The van der Waals surface area contributed by atoms with Crippen LogP contribution in [0.5, 0.6) is 0 Å². The van der Waals surface area contributed by atoms with Crippen LogP contribution >= 0.6 is 22.9 Å². The van der Waals surface area contributed by atoms with Crippen LogP contribution < -0.4 is 26.6 Å². The van der Waals surface area contributed by atoms with E-state index in [-0.39, 0.29) is 26.3 Å². The number of hydrogen-bond donors (Lipinski definition) is 4. The van der Waals surface area contributed by atoms with Gasteiger partial charge in [-0.3, -0.25) is 10.1 Å². The average Bonchev–Trinajstić information content (AvgIpc) is 3.13. The minimum atomic E-state index is -4.14. The van der Waals surface area contributed by atoms with Crippen LogP contribution in [0.25, 0.3) is 16.7 Å². The summed E-state index contributed by atoms with van der Waals surface area (Å²) in [4.78, 5) is 48.6. The second-order valence-electron chi connectivity index (χ2n) is 6.87. The number of benzene rings is 1. The van der Waals surface area contributed by atoms with Crippen molar-refractivity contribution in [1.29, 1.82) is 0 Å². The zero-order chi connectivity index (χ0) is 24.6. The van der Waals surface area contributed by atoms with Crippen LogP contribution in [0, 0.1) is 6.92 Å². The minimum Gasteiger partial charge on any atom is -0.388 e. The molecule has 4 rings (SSSR count). The molecule has 0 atom stereocenters. The van der Waals surface area contributed by atoms with Gasteiger partial charge in [0.05, 0.1) is 28.3 Å². The molecule has 0 unspecified atom stereocenters. The molecular formula is C19H16ClN7O5S2. The van der Waals surface area contributed by atoms with Crippen LogP contribution in [0.3, 0.4) is 0 Å². The van der Waals surface area contributed by atoms with E-state index in [0.29, 0.717) is 16.1 Å². The van der Waals surface area contributed by atoms with Crippen LogP contribution in [0.1, 0.15) is 4.88 Å². The van der Waals surface area contributed by atoms with Gasteiger partial charge in [-0.15, -0.1) is 11.3 Å². The molecule has 15 heteroatoms. The Balaban J connectivity index is 1.55. The molecule has 4 aromatic rings. The number of fused-ring (bicyclic) bond motifs is 1. The number of rotatable bonds is 5. The van der Waals surface area contributed by atoms with E-state index in [0.717, 1.165) is 28.3 Å². The van der Waals surface area contributed by atoms with E-state index in [2.05, 4.69) is 25.6 Å². The predicted octanol–water partition coefficient (Wildman–Crippen LogP) is 2.04. The first-order chi connectivity index (χ1) is 16.1. The number of hydrogen-bond acceptors (Lipinski definition) is 9. The van der Waals surface area contributed by atoms with Crippen LogP contribution in [0.4, 0.5) is 16.3 Å². The maximum absolute atomic E-state index is 12.8. The van der Waals surface area contributed by atoms with Crippen LogP contribution in [-0.4, -0.2) is 41.0 Å². The summed E-state index contributed by atoms with van der Waals surface area (Å²) in [6.07, 6.45) is 2.17. The Kier molecular flexibility index (Phi) is 6.12. The number of carbonyl (C=O) groups excluding carboxylic acids is 1. The lowest BCUT2D eigenvalue weighted by molar-refractivity contribution is 0.256. The van der Waals surface area contributed by atoms with Gasteiger partial charge in [0.15, 0.2) is 11.6 Å². The number of aromatic nitrogens is 4. The summed E-state index contributed by atoms with van der Waals surface area (Å²) < 4.78 is 27.2. The number of anilines is 2. The average molecular weight is 522 g/mol. The molecule has 2 amide bonds. The summed E-state index contributed by atoms with van der Waals surface area (Å²) in [5.74, 6) is -0.200. The van der Waals surface area contributed by atoms with Crippen molar-refractivity contribution < 1.29 is 13.2 Å². The topological polar surface area (TPSA) is 168 Å². The molecule has 3 aromatic heterocycles. The molecule has 0 aliphatic heterocycles. The zero-order valence-electron chi connectivity index (χ0n) is 17.5. The predicted molar refractivity (Wildman–Crippen MR) is 129 cm³/mol. The van der Waals surface area contributed by atoms with E-state index in [1.54, 1.807) is 32.2 Å². The standard InChI is InChI=1S/C19H16ClN7O5S2/c1-9-12(20)6-16(33-9)34(31,32)26-18(29)25-14-7-23-15(8-22-14)27-17(28)11-4-3-10(21-2)5-13(11)24-19(27)30/h3-8,21H,1-2H3,(H,24,30)(H2,22,25,26,29). The van der Waals surface area contributed by atoms with Crippen molar-refractivity contribution in [1.82, 2.24) is 24.2 Å². The molecule has 1 aromatic carbocycles. The lowest BCUT2D eigenvalue weighted by atomic mass is 10.2. The molecular weight excluding hydrogens is 506 g/mol. The van der Waals surface area contributed by atoms with Gasteiger partial charge >= 0.3 is 11.7 Å². The van der Waals surface area contributed by atoms with Gasteiger partial charge in [-0.25, -0.2) is 37.3 Å². The van der Waals surface area contributed by atoms with Gasteiger partial charge in [0.1, 0.15) is 4.21 Å². The Morgan fingerprint density at radius 3 is 2.56 bits per heavy atom. The Hall–Kier alpha value is -3.75. The van der Waals surface area contributed by atoms with Crippen molar-refractivity contribution in [3.05, 3.63) is 67.4 Å². The second-order valence-corrected chi connectivity index (χ2v) is 10.4. The molecule has 3 heterocycles. The highest BCUT2D eigenvalue weighted by Crippen LogP contribution is 2.29. The molecule has 0 aliphatic carbocycles. The molecule has 0 aliphatic rings. The number of nitrogens with one attached hydrogen (secondary N) is 4. The molecule has 0 radical (unpaired) electrons. The third-order valence-corrected chi connectivity index (χ3v) is 7.98. The summed E-state index contributed by atoms with van der Waals surface area (Å²) >= 11 is 6.80. The molecule has 0 fully saturated rings. The summed E-state index contributed by atoms with van der Waals surface area (Å²) in [6, 6.07) is 5.03. The Morgan fingerprint density at radius 2 is 1.94 bits per heavy atom. The molecule has 34 heavy (non-hydrogen) atoms. The number of thiophene rings is 1. The van der Waals surface area contributed by atoms with Gasteiger partial charge in [0.2, 0.25) is 0 Å². The molecule has 12 nitrogen and oxygen atoms in total. The monoisotopic (exact) mass is 521 g/mol. The number of halogens is 1. The van der Waals surface area contributed by atoms with Gasteiger partial charge in [-0.1, -0.05) is 11.6 Å². The fourth-order valence-electron chi connectivity index (χ4n) is 2.96. The van der Waals surface area contributed by atoms with E-state index in [1.165, 1.54) is 6.07 Å². The van der Waals surface area contributed by atoms with E-state index in [4.69, 9.17) is 11.6 Å². The third-order valence-electron chi connectivity index (χ3n) is 4.62. The number of amides is 2. The second kappa shape index (κ2) is 8.89. The number of sulfonamides is 1. The Bertz CT molecular complexity index is 1620. The number of aromatic amines is 1. The summed E-state index contributed by atoms with van der Waals surface area (Å²) in [6.45, 7) is 1.65. The Labute approximate surface area is 200 Å². The number of aryl methyl sites for hydroxylation is 1. The van der Waals surface area contributed by atoms with Crippen LogP contribution in [-0.2, 0) is 10.0 Å². The van der Waals surface area contributed by atoms with Crippen molar-refractivity contribution in [2.75, 3.05) is 17.7 Å². The first-order valence-corrected chi connectivity index (χ1v) is 12.2. The van der Waals surface area contributed by atoms with Gasteiger partial charge in [-0.05, 0) is 31.2 Å². The highest BCUT2D eigenvalue weighted by Gasteiger charge is 2.21. The fourth-order valence-corrected chi connectivity index (χ4v) is 5.56. The maximum Gasteiger partial charge on any atom is 0.334 e. The molecule has 0 bridgehead atoms. The van der Waals surface area contributed by atoms with E-state index in [1.807, 2.05) is 4.72 Å². The number of carbonyl (C=O) groups is 1. The maximum atomic E-state index is 12.8. The summed E-state index contributed by atoms with van der Waals surface area (Å²) in [7, 11) is -2.43. The summed E-state index contributed by atoms with van der Waals surface area (Å²) in [5.41, 5.74) is -0.266. The van der Waals surface area contributed by atoms with Gasteiger partial charge < -0.3 is 10.3 Å². The quantitative estimate of drug-likeness (QED) is 0.309. The van der Waals surface area contributed by atoms with Crippen LogP contribution in [0.2, 0.25) is 5.02 Å². The van der Waals surface area contributed by atoms with Gasteiger partial charge in [-0.2, -0.15) is 0 Å². The van der Waals surface area contributed by atoms with Crippen molar-refractivity contribution in [2.45, 2.75) is 11.1 Å². The zero-order valence-corrected chi connectivity index (χ0v) is 19.9. The molecule has 0 saturated carbocycles. The van der Waals surface area contributed by atoms with Crippen molar-refractivity contribution in [3.63, 3.8) is 0 Å². The fraction of sp³-hybridized carbons (Fsp3) is 0.105. The van der Waals surface area contributed by atoms with Gasteiger partial charge in [0.25, 0.3) is 15.6 Å². The van der Waals surface area contributed by atoms with Crippen molar-refractivity contribution in [2.24, 2.45) is 0 Å². The van der Waals surface area contributed by atoms with E-state index < -0.39 is 27.3 Å². The lowest BCUT2D eigenvalue weighted by Gasteiger charge is -2.09. The summed E-state index contributed by atoms with van der Waals surface area (Å²) in [5, 5.41) is 5.68. The molecule has 4 N–H and O–H groups in total. The van der Waals surface area contributed by atoms with Crippen LogP contribution in [0.15, 0.2) is 50.5 Å². The molecule has 176 valence electrons. The van der Waals surface area contributed by atoms with Crippen molar-refractivity contribution >= 4 is 61.4 Å². The highest BCUT2D eigenvalue weighted by molar-refractivity contribution is 7.92. The Morgan fingerprint density at radius 1 is 1.18 bits per heavy atom. The minimum absolute atomic E-state index is 0.0897. The van der Waals surface area contributed by atoms with E-state index in [9.17, 15) is 22.8 Å².